The third kappa shape index (κ3) is 4.90. The number of benzene rings is 2. The number of hydrogen-bond donors (Lipinski definition) is 0. The van der Waals surface area contributed by atoms with E-state index in [0.29, 0.717) is 5.92 Å². The molecule has 0 N–H and O–H groups in total. The van der Waals surface area contributed by atoms with Gasteiger partial charge in [-0.25, -0.2) is 4.58 Å². The van der Waals surface area contributed by atoms with Gasteiger partial charge < -0.3 is 4.90 Å². The number of rotatable bonds is 5. The minimum absolute atomic E-state index is 0.0138. The predicted molar refractivity (Wildman–Crippen MR) is 127 cm³/mol. The lowest BCUT2D eigenvalue weighted by atomic mass is 9.77. The third-order valence-electron chi connectivity index (χ3n) is 7.07. The Hall–Kier alpha value is -2.86. The topological polar surface area (TPSA) is 30.0 Å². The molecule has 2 aliphatic rings. The molecule has 1 saturated heterocycles. The summed E-state index contributed by atoms with van der Waals surface area (Å²) in [5.41, 5.74) is 4.85. The number of nitrogens with zero attached hydrogens (tertiary/aromatic N) is 3. The van der Waals surface area contributed by atoms with E-state index < -0.39 is 0 Å². The average Bonchev–Trinajstić information content (AvgIpc) is 3.07. The van der Waals surface area contributed by atoms with E-state index in [1.54, 1.807) is 0 Å². The zero-order valence-electron chi connectivity index (χ0n) is 18.9. The monoisotopic (exact) mass is 412 g/mol. The van der Waals surface area contributed by atoms with Gasteiger partial charge in [0.1, 0.15) is 0 Å². The van der Waals surface area contributed by atoms with Crippen LogP contribution in [-0.2, 0) is 13.0 Å². The van der Waals surface area contributed by atoms with Crippen LogP contribution in [0.5, 0.6) is 0 Å². The van der Waals surface area contributed by atoms with E-state index >= 15 is 0 Å². The van der Waals surface area contributed by atoms with Crippen LogP contribution >= 0.6 is 0 Å². The van der Waals surface area contributed by atoms with E-state index in [1.807, 2.05) is 12.1 Å². The fraction of sp³-hybridized carbons (Fsp3) is 0.429. The van der Waals surface area contributed by atoms with Crippen LogP contribution in [0.25, 0.3) is 0 Å². The molecule has 1 atom stereocenters. The van der Waals surface area contributed by atoms with Gasteiger partial charge in [0.2, 0.25) is 0 Å². The Morgan fingerprint density at radius 1 is 0.935 bits per heavy atom. The highest BCUT2D eigenvalue weighted by Gasteiger charge is 2.45. The highest BCUT2D eigenvalue weighted by molar-refractivity contribution is 5.69. The number of nitriles is 1. The van der Waals surface area contributed by atoms with Gasteiger partial charge in [0, 0.05) is 44.3 Å². The van der Waals surface area contributed by atoms with E-state index in [2.05, 4.69) is 84.1 Å². The Bertz CT molecular complexity index is 969. The molecule has 3 heteroatoms. The Labute approximate surface area is 187 Å². The van der Waals surface area contributed by atoms with Gasteiger partial charge in [-0.2, -0.15) is 5.26 Å². The summed E-state index contributed by atoms with van der Waals surface area (Å²) in [5.74, 6) is 0.396. The van der Waals surface area contributed by atoms with E-state index in [9.17, 15) is 5.26 Å². The minimum atomic E-state index is -0.0138. The van der Waals surface area contributed by atoms with Crippen LogP contribution in [0.1, 0.15) is 56.2 Å². The van der Waals surface area contributed by atoms with E-state index in [0.717, 1.165) is 31.6 Å². The quantitative estimate of drug-likeness (QED) is 0.603. The molecule has 1 fully saturated rings. The lowest BCUT2D eigenvalue weighted by Gasteiger charge is -2.40. The summed E-state index contributed by atoms with van der Waals surface area (Å²) in [6.07, 6.45) is 11.0. The number of likely N-dealkylation sites (tertiary alicyclic amines) is 1. The molecule has 0 bridgehead atoms. The van der Waals surface area contributed by atoms with Crippen molar-refractivity contribution >= 4 is 6.21 Å². The van der Waals surface area contributed by atoms with Gasteiger partial charge in [-0.1, -0.05) is 55.3 Å². The van der Waals surface area contributed by atoms with Crippen molar-refractivity contribution in [3.63, 3.8) is 0 Å². The first kappa shape index (κ1) is 21.4. The van der Waals surface area contributed by atoms with Crippen LogP contribution in [0.15, 0.2) is 66.4 Å². The van der Waals surface area contributed by atoms with Gasteiger partial charge in [0.05, 0.1) is 17.6 Å². The molecule has 1 unspecified atom stereocenters. The molecule has 2 heterocycles. The van der Waals surface area contributed by atoms with Crippen molar-refractivity contribution in [2.75, 3.05) is 13.1 Å². The van der Waals surface area contributed by atoms with Gasteiger partial charge in [-0.15, -0.1) is 0 Å². The van der Waals surface area contributed by atoms with Crippen LogP contribution in [0, 0.1) is 17.2 Å². The molecule has 2 aromatic carbocycles. The summed E-state index contributed by atoms with van der Waals surface area (Å²) in [4.78, 5) is 2.65. The first-order chi connectivity index (χ1) is 15.1. The molecule has 0 aromatic heterocycles. The van der Waals surface area contributed by atoms with Gasteiger partial charge >= 0.3 is 0 Å². The molecule has 0 aliphatic carbocycles. The Morgan fingerprint density at radius 3 is 2.26 bits per heavy atom. The lowest BCUT2D eigenvalue weighted by Crippen LogP contribution is -2.50. The van der Waals surface area contributed by atoms with E-state index in [4.69, 9.17) is 0 Å². The summed E-state index contributed by atoms with van der Waals surface area (Å²) in [6, 6.07) is 21.2. The van der Waals surface area contributed by atoms with E-state index in [-0.39, 0.29) is 5.54 Å². The van der Waals surface area contributed by atoms with Gasteiger partial charge in [-0.3, -0.25) is 0 Å². The minimum Gasteiger partial charge on any atom is -0.374 e. The largest absolute Gasteiger partial charge is 0.374 e. The molecule has 2 aromatic rings. The van der Waals surface area contributed by atoms with Crippen LogP contribution in [-0.4, -0.2) is 34.3 Å². The second-order valence-electron chi connectivity index (χ2n) is 9.47. The van der Waals surface area contributed by atoms with Crippen LogP contribution < -0.4 is 0 Å². The van der Waals surface area contributed by atoms with Crippen molar-refractivity contribution in [1.82, 2.24) is 4.90 Å². The summed E-state index contributed by atoms with van der Waals surface area (Å²) in [5, 5.41) is 9.17. The van der Waals surface area contributed by atoms with Gasteiger partial charge in [-0.05, 0) is 37.0 Å². The predicted octanol–water partition coefficient (Wildman–Crippen LogP) is 5.55. The molecule has 31 heavy (non-hydrogen) atoms. The van der Waals surface area contributed by atoms with Gasteiger partial charge in [0.25, 0.3) is 0 Å². The van der Waals surface area contributed by atoms with Crippen LogP contribution in [0.2, 0.25) is 0 Å². The molecule has 0 radical (unpaired) electrons. The standard InChI is InChI=1S/C28H34N3/c1-28(2)26(20-23-12-14-24(21-29)15-13-23)27(30-17-8-3-4-9-18-30)16-19-31(28)22-25-10-6-5-7-11-25/h5-7,10-16,19,26H,3-4,8-9,17-18,20,22H2,1-2H3/q+1. The van der Waals surface area contributed by atoms with Crippen molar-refractivity contribution in [2.24, 2.45) is 5.92 Å². The smallest absolute Gasteiger partial charge is 0.168 e. The van der Waals surface area contributed by atoms with Gasteiger partial charge in [0.15, 0.2) is 18.3 Å². The summed E-state index contributed by atoms with van der Waals surface area (Å²) in [6.45, 7) is 8.04. The van der Waals surface area contributed by atoms with Crippen LogP contribution in [0.3, 0.4) is 0 Å². The first-order valence-electron chi connectivity index (χ1n) is 11.7. The lowest BCUT2D eigenvalue weighted by molar-refractivity contribution is -0.621. The molecular weight excluding hydrogens is 378 g/mol. The second-order valence-corrected chi connectivity index (χ2v) is 9.47. The van der Waals surface area contributed by atoms with E-state index in [1.165, 1.54) is 42.5 Å². The Balaban J connectivity index is 1.67. The summed E-state index contributed by atoms with van der Waals surface area (Å²) >= 11 is 0. The first-order valence-corrected chi connectivity index (χ1v) is 11.7. The molecule has 0 saturated carbocycles. The molecule has 160 valence electrons. The SMILES string of the molecule is CC1(C)C(Cc2ccc(C#N)cc2)C(N2CCCCCC2)=CC=[N+]1Cc1ccccc1. The Morgan fingerprint density at radius 2 is 1.61 bits per heavy atom. The highest BCUT2D eigenvalue weighted by Crippen LogP contribution is 2.36. The zero-order chi connectivity index (χ0) is 21.7. The highest BCUT2D eigenvalue weighted by atomic mass is 15.2. The zero-order valence-corrected chi connectivity index (χ0v) is 18.9. The van der Waals surface area contributed by atoms with Crippen molar-refractivity contribution < 1.29 is 4.58 Å². The van der Waals surface area contributed by atoms with Crippen LogP contribution in [0.4, 0.5) is 0 Å². The molecule has 0 spiro atoms. The fourth-order valence-electron chi connectivity index (χ4n) is 5.03. The molecular formula is C28H34N3+. The van der Waals surface area contributed by atoms with Crippen molar-refractivity contribution in [1.29, 1.82) is 5.26 Å². The third-order valence-corrected chi connectivity index (χ3v) is 7.07. The molecule has 2 aliphatic heterocycles. The number of hydrogen-bond acceptors (Lipinski definition) is 2. The Kier molecular flexibility index (Phi) is 6.56. The summed E-state index contributed by atoms with van der Waals surface area (Å²) in [7, 11) is 0. The maximum atomic E-state index is 9.17. The second kappa shape index (κ2) is 9.52. The van der Waals surface area contributed by atoms with Crippen molar-refractivity contribution in [2.45, 2.75) is 58.0 Å². The van der Waals surface area contributed by atoms with Crippen molar-refractivity contribution in [3.8, 4) is 6.07 Å². The number of allylic oxidation sites excluding steroid dienone is 1. The maximum Gasteiger partial charge on any atom is 0.168 e. The average molecular weight is 413 g/mol. The molecule has 4 rings (SSSR count). The molecule has 3 nitrogen and oxygen atoms in total. The fourth-order valence-corrected chi connectivity index (χ4v) is 5.03. The van der Waals surface area contributed by atoms with Crippen molar-refractivity contribution in [3.05, 3.63) is 83.1 Å². The molecule has 0 amide bonds. The normalized spacial score (nSPS) is 20.9. The summed E-state index contributed by atoms with van der Waals surface area (Å²) < 4.78 is 2.51. The maximum absolute atomic E-state index is 9.17.